The number of ether oxygens (including phenoxy) is 1. The Morgan fingerprint density at radius 2 is 1.62 bits per heavy atom. The zero-order valence-electron chi connectivity index (χ0n) is 16.1. The van der Waals surface area contributed by atoms with Crippen molar-refractivity contribution in [2.75, 3.05) is 19.9 Å². The van der Waals surface area contributed by atoms with E-state index >= 15 is 0 Å². The molecule has 146 valence electrons. The van der Waals surface area contributed by atoms with Gasteiger partial charge in [0.15, 0.2) is 0 Å². The molecule has 4 aromatic rings. The van der Waals surface area contributed by atoms with E-state index < -0.39 is 0 Å². The van der Waals surface area contributed by atoms with E-state index in [4.69, 9.17) is 14.3 Å². The summed E-state index contributed by atoms with van der Waals surface area (Å²) in [6.45, 7) is 2.44. The number of likely N-dealkylation sites (tertiary alicyclic amines) is 1. The molecule has 4 nitrogen and oxygen atoms in total. The Morgan fingerprint density at radius 1 is 0.862 bits per heavy atom. The van der Waals surface area contributed by atoms with Crippen LogP contribution in [0.2, 0.25) is 0 Å². The van der Waals surface area contributed by atoms with E-state index in [-0.39, 0.29) is 12.9 Å². The highest BCUT2D eigenvalue weighted by Gasteiger charge is 2.26. The maximum atomic E-state index is 8.79. The normalized spacial score (nSPS) is 14.9. The molecule has 0 bridgehead atoms. The van der Waals surface area contributed by atoms with Gasteiger partial charge in [0.1, 0.15) is 18.1 Å². The lowest BCUT2D eigenvalue weighted by atomic mass is 10.0. The lowest BCUT2D eigenvalue weighted by Crippen LogP contribution is -2.51. The van der Waals surface area contributed by atoms with Gasteiger partial charge in [-0.15, -0.1) is 0 Å². The maximum Gasteiger partial charge on any atom is 0.144 e. The van der Waals surface area contributed by atoms with Gasteiger partial charge in [0.2, 0.25) is 0 Å². The Kier molecular flexibility index (Phi) is 4.90. The van der Waals surface area contributed by atoms with Crippen molar-refractivity contribution in [3.05, 3.63) is 84.4 Å². The summed E-state index contributed by atoms with van der Waals surface area (Å²) in [5.74, 6) is 0.886. The van der Waals surface area contributed by atoms with Crippen LogP contribution in [0.3, 0.4) is 0 Å². The van der Waals surface area contributed by atoms with Gasteiger partial charge in [0, 0.05) is 30.6 Å². The van der Waals surface area contributed by atoms with Crippen molar-refractivity contribution in [3.8, 4) is 22.5 Å². The average Bonchev–Trinajstić information content (AvgIpc) is 3.17. The minimum atomic E-state index is -0.197. The summed E-state index contributed by atoms with van der Waals surface area (Å²) in [7, 11) is 0. The molecule has 0 spiro atoms. The zero-order valence-corrected chi connectivity index (χ0v) is 16.1. The Hall–Kier alpha value is -2.92. The van der Waals surface area contributed by atoms with E-state index in [2.05, 4.69) is 71.6 Å². The van der Waals surface area contributed by atoms with Crippen molar-refractivity contribution in [1.29, 1.82) is 0 Å². The van der Waals surface area contributed by atoms with Gasteiger partial charge in [0.05, 0.1) is 6.10 Å². The van der Waals surface area contributed by atoms with E-state index in [0.29, 0.717) is 0 Å². The Labute approximate surface area is 170 Å². The van der Waals surface area contributed by atoms with Gasteiger partial charge in [-0.2, -0.15) is 0 Å². The summed E-state index contributed by atoms with van der Waals surface area (Å²) in [4.78, 5) is 2.31. The molecule has 0 amide bonds. The molecule has 2 heterocycles. The van der Waals surface area contributed by atoms with E-state index in [9.17, 15) is 0 Å². The van der Waals surface area contributed by atoms with Crippen LogP contribution in [0.1, 0.15) is 5.56 Å². The van der Waals surface area contributed by atoms with Gasteiger partial charge in [-0.25, -0.2) is 0 Å². The van der Waals surface area contributed by atoms with Gasteiger partial charge in [-0.3, -0.25) is 4.90 Å². The summed E-state index contributed by atoms with van der Waals surface area (Å²) in [6.07, 6.45) is 0.163. The number of hydrogen-bond donors (Lipinski definition) is 1. The maximum absolute atomic E-state index is 8.79. The number of aliphatic hydroxyl groups excluding tert-OH is 1. The van der Waals surface area contributed by atoms with E-state index in [1.54, 1.807) is 0 Å². The van der Waals surface area contributed by atoms with Crippen molar-refractivity contribution in [1.82, 2.24) is 4.90 Å². The first kappa shape index (κ1) is 18.1. The summed E-state index contributed by atoms with van der Waals surface area (Å²) in [6, 6.07) is 27.4. The molecule has 0 radical (unpaired) electrons. The highest BCUT2D eigenvalue weighted by atomic mass is 16.6. The fourth-order valence-corrected chi connectivity index (χ4v) is 3.89. The fraction of sp³-hybridized carbons (Fsp3) is 0.200. The number of fused-ring (bicyclic) bond motifs is 1. The SMILES string of the molecule is OCOC1CN(Cc2ccc(-c3cc4cc(-c5ccccc5)ccc4o3)cc2)C1. The molecule has 1 saturated heterocycles. The second-order valence-electron chi connectivity index (χ2n) is 7.54. The number of hydrogen-bond acceptors (Lipinski definition) is 4. The summed E-state index contributed by atoms with van der Waals surface area (Å²) < 4.78 is 11.3. The van der Waals surface area contributed by atoms with Crippen molar-refractivity contribution in [2.45, 2.75) is 12.6 Å². The molecule has 1 fully saturated rings. The smallest absolute Gasteiger partial charge is 0.144 e. The number of furan rings is 1. The third-order valence-electron chi connectivity index (χ3n) is 5.50. The highest BCUT2D eigenvalue weighted by Crippen LogP contribution is 2.31. The Bertz CT molecular complexity index is 1100. The quantitative estimate of drug-likeness (QED) is 0.479. The molecule has 1 aliphatic heterocycles. The van der Waals surface area contributed by atoms with Crippen LogP contribution in [0.5, 0.6) is 0 Å². The van der Waals surface area contributed by atoms with Crippen molar-refractivity contribution < 1.29 is 14.3 Å². The highest BCUT2D eigenvalue weighted by molar-refractivity contribution is 5.87. The predicted octanol–water partition coefficient (Wildman–Crippen LogP) is 4.92. The van der Waals surface area contributed by atoms with Crippen LogP contribution < -0.4 is 0 Å². The molecule has 1 aromatic heterocycles. The minimum absolute atomic E-state index is 0.163. The van der Waals surface area contributed by atoms with Gasteiger partial charge in [0.25, 0.3) is 0 Å². The average molecular weight is 385 g/mol. The molecular weight excluding hydrogens is 362 g/mol. The number of benzene rings is 3. The topological polar surface area (TPSA) is 45.8 Å². The van der Waals surface area contributed by atoms with Crippen LogP contribution in [0.4, 0.5) is 0 Å². The lowest BCUT2D eigenvalue weighted by molar-refractivity contribution is -0.113. The molecule has 0 unspecified atom stereocenters. The first-order chi connectivity index (χ1) is 14.3. The van der Waals surface area contributed by atoms with Gasteiger partial charge in [-0.05, 0) is 34.9 Å². The molecule has 1 aliphatic rings. The molecule has 1 N–H and O–H groups in total. The fourth-order valence-electron chi connectivity index (χ4n) is 3.89. The number of aliphatic hydroxyl groups is 1. The van der Waals surface area contributed by atoms with Gasteiger partial charge < -0.3 is 14.3 Å². The minimum Gasteiger partial charge on any atom is -0.456 e. The van der Waals surface area contributed by atoms with Gasteiger partial charge in [-0.1, -0.05) is 60.7 Å². The van der Waals surface area contributed by atoms with Crippen molar-refractivity contribution in [2.24, 2.45) is 0 Å². The van der Waals surface area contributed by atoms with E-state index in [0.717, 1.165) is 41.9 Å². The third-order valence-corrected chi connectivity index (χ3v) is 5.50. The van der Waals surface area contributed by atoms with Crippen molar-refractivity contribution in [3.63, 3.8) is 0 Å². The standard InChI is InChI=1S/C25H23NO3/c27-17-28-23-15-26(16-23)14-18-6-8-20(9-7-18)25-13-22-12-21(10-11-24(22)29-25)19-4-2-1-3-5-19/h1-13,23,27H,14-17H2. The first-order valence-electron chi connectivity index (χ1n) is 9.92. The molecule has 4 heteroatoms. The third kappa shape index (κ3) is 3.83. The summed E-state index contributed by atoms with van der Waals surface area (Å²) in [5.41, 5.74) is 5.65. The molecule has 3 aromatic carbocycles. The second-order valence-corrected chi connectivity index (χ2v) is 7.54. The van der Waals surface area contributed by atoms with Crippen LogP contribution in [0.15, 0.2) is 83.3 Å². The monoisotopic (exact) mass is 385 g/mol. The van der Waals surface area contributed by atoms with E-state index in [1.807, 2.05) is 12.1 Å². The molecule has 0 atom stereocenters. The first-order valence-corrected chi connectivity index (χ1v) is 9.92. The molecule has 0 saturated carbocycles. The number of rotatable bonds is 6. The van der Waals surface area contributed by atoms with Crippen LogP contribution >= 0.6 is 0 Å². The zero-order chi connectivity index (χ0) is 19.6. The lowest BCUT2D eigenvalue weighted by Gasteiger charge is -2.38. The molecule has 5 rings (SSSR count). The summed E-state index contributed by atoms with van der Waals surface area (Å²) in [5, 5.41) is 9.90. The van der Waals surface area contributed by atoms with Crippen LogP contribution in [-0.4, -0.2) is 36.0 Å². The number of nitrogens with zero attached hydrogens (tertiary/aromatic N) is 1. The Morgan fingerprint density at radius 3 is 2.38 bits per heavy atom. The van der Waals surface area contributed by atoms with Crippen LogP contribution in [0, 0.1) is 0 Å². The largest absolute Gasteiger partial charge is 0.456 e. The molecule has 29 heavy (non-hydrogen) atoms. The van der Waals surface area contributed by atoms with Crippen molar-refractivity contribution >= 4 is 11.0 Å². The predicted molar refractivity (Wildman–Crippen MR) is 114 cm³/mol. The van der Waals surface area contributed by atoms with Gasteiger partial charge >= 0.3 is 0 Å². The Balaban J connectivity index is 1.31. The van der Waals surface area contributed by atoms with Crippen LogP contribution in [-0.2, 0) is 11.3 Å². The molecule has 0 aliphatic carbocycles. The van der Waals surface area contributed by atoms with Crippen LogP contribution in [0.25, 0.3) is 33.4 Å². The van der Waals surface area contributed by atoms with E-state index in [1.165, 1.54) is 16.7 Å². The molecular formula is C25H23NO3. The summed E-state index contributed by atoms with van der Waals surface area (Å²) >= 11 is 0. The second kappa shape index (κ2) is 7.84.